The van der Waals surface area contributed by atoms with Crippen molar-refractivity contribution in [2.75, 3.05) is 6.54 Å². The van der Waals surface area contributed by atoms with Crippen molar-refractivity contribution >= 4 is 5.91 Å². The molecule has 0 atom stereocenters. The standard InChI is InChI=1S/C15H24N2O/c1-14(2,12-8-6-5-7-9-12)10-13(18)17-11-15(3,4)16/h5-9H,10-11,16H2,1-4H3,(H,17,18). The van der Waals surface area contributed by atoms with Crippen LogP contribution in [0.3, 0.4) is 0 Å². The molecule has 100 valence electrons. The van der Waals surface area contributed by atoms with E-state index < -0.39 is 0 Å². The third-order valence-electron chi connectivity index (χ3n) is 2.90. The molecule has 3 N–H and O–H groups in total. The van der Waals surface area contributed by atoms with Gasteiger partial charge in [-0.25, -0.2) is 0 Å². The van der Waals surface area contributed by atoms with Gasteiger partial charge in [0.15, 0.2) is 0 Å². The summed E-state index contributed by atoms with van der Waals surface area (Å²) in [4.78, 5) is 11.9. The molecule has 0 unspecified atom stereocenters. The van der Waals surface area contributed by atoms with E-state index in [-0.39, 0.29) is 16.9 Å². The van der Waals surface area contributed by atoms with Crippen molar-refractivity contribution in [3.05, 3.63) is 35.9 Å². The second-order valence-electron chi connectivity index (χ2n) is 6.19. The summed E-state index contributed by atoms with van der Waals surface area (Å²) in [5, 5.41) is 2.88. The van der Waals surface area contributed by atoms with Gasteiger partial charge in [0.2, 0.25) is 5.91 Å². The Hall–Kier alpha value is -1.35. The minimum Gasteiger partial charge on any atom is -0.354 e. The zero-order chi connectivity index (χ0) is 13.8. The highest BCUT2D eigenvalue weighted by molar-refractivity contribution is 5.77. The molecule has 0 aliphatic heterocycles. The summed E-state index contributed by atoms with van der Waals surface area (Å²) < 4.78 is 0. The SMILES string of the molecule is CC(C)(N)CNC(=O)CC(C)(C)c1ccccc1. The first-order valence-corrected chi connectivity index (χ1v) is 6.32. The van der Waals surface area contributed by atoms with Gasteiger partial charge in [-0.15, -0.1) is 0 Å². The van der Waals surface area contributed by atoms with Crippen LogP contribution in [0.25, 0.3) is 0 Å². The second-order valence-corrected chi connectivity index (χ2v) is 6.19. The fourth-order valence-corrected chi connectivity index (χ4v) is 1.78. The smallest absolute Gasteiger partial charge is 0.220 e. The number of nitrogens with two attached hydrogens (primary N) is 1. The second kappa shape index (κ2) is 5.53. The molecule has 1 aromatic carbocycles. The van der Waals surface area contributed by atoms with Crippen LogP contribution in [-0.4, -0.2) is 18.0 Å². The summed E-state index contributed by atoms with van der Waals surface area (Å²) in [6.07, 6.45) is 0.465. The van der Waals surface area contributed by atoms with Crippen molar-refractivity contribution in [2.45, 2.75) is 45.1 Å². The molecule has 3 nitrogen and oxygen atoms in total. The molecule has 0 aliphatic carbocycles. The number of hydrogen-bond donors (Lipinski definition) is 2. The van der Waals surface area contributed by atoms with Gasteiger partial charge in [0, 0.05) is 18.5 Å². The zero-order valence-electron chi connectivity index (χ0n) is 11.8. The quantitative estimate of drug-likeness (QED) is 0.839. The molecule has 0 aromatic heterocycles. The molecule has 1 aromatic rings. The first-order valence-electron chi connectivity index (χ1n) is 6.32. The predicted octanol–water partition coefficient (Wildman–Crippen LogP) is 2.21. The fourth-order valence-electron chi connectivity index (χ4n) is 1.78. The van der Waals surface area contributed by atoms with Crippen LogP contribution in [0.2, 0.25) is 0 Å². The lowest BCUT2D eigenvalue weighted by Gasteiger charge is -2.26. The van der Waals surface area contributed by atoms with E-state index in [9.17, 15) is 4.79 Å². The van der Waals surface area contributed by atoms with E-state index in [1.807, 2.05) is 32.0 Å². The topological polar surface area (TPSA) is 55.1 Å². The van der Waals surface area contributed by atoms with Crippen molar-refractivity contribution in [1.82, 2.24) is 5.32 Å². The van der Waals surface area contributed by atoms with Crippen molar-refractivity contribution in [3.63, 3.8) is 0 Å². The number of carbonyl (C=O) groups is 1. The Morgan fingerprint density at radius 1 is 1.17 bits per heavy atom. The molecule has 0 bridgehead atoms. The van der Waals surface area contributed by atoms with E-state index >= 15 is 0 Å². The summed E-state index contributed by atoms with van der Waals surface area (Å²) >= 11 is 0. The lowest BCUT2D eigenvalue weighted by molar-refractivity contribution is -0.122. The van der Waals surface area contributed by atoms with Crippen LogP contribution in [0.4, 0.5) is 0 Å². The van der Waals surface area contributed by atoms with E-state index in [4.69, 9.17) is 5.73 Å². The third-order valence-corrected chi connectivity index (χ3v) is 2.90. The lowest BCUT2D eigenvalue weighted by Crippen LogP contribution is -2.46. The number of rotatable bonds is 5. The Bertz CT molecular complexity index is 391. The number of carbonyl (C=O) groups excluding carboxylic acids is 1. The Morgan fingerprint density at radius 3 is 2.22 bits per heavy atom. The van der Waals surface area contributed by atoms with E-state index in [0.717, 1.165) is 0 Å². The largest absolute Gasteiger partial charge is 0.354 e. The van der Waals surface area contributed by atoms with E-state index in [1.165, 1.54) is 5.56 Å². The van der Waals surface area contributed by atoms with Gasteiger partial charge in [0.25, 0.3) is 0 Å². The maximum atomic E-state index is 11.9. The van der Waals surface area contributed by atoms with Crippen molar-refractivity contribution in [3.8, 4) is 0 Å². The maximum absolute atomic E-state index is 11.9. The highest BCUT2D eigenvalue weighted by Gasteiger charge is 2.24. The predicted molar refractivity (Wildman–Crippen MR) is 75.4 cm³/mol. The highest BCUT2D eigenvalue weighted by Crippen LogP contribution is 2.26. The molecule has 0 spiro atoms. The molecular weight excluding hydrogens is 224 g/mol. The summed E-state index contributed by atoms with van der Waals surface area (Å²) in [5.74, 6) is 0.0439. The highest BCUT2D eigenvalue weighted by atomic mass is 16.1. The van der Waals surface area contributed by atoms with Gasteiger partial charge in [-0.05, 0) is 24.8 Å². The molecule has 0 saturated heterocycles. The molecule has 0 heterocycles. The lowest BCUT2D eigenvalue weighted by atomic mass is 9.81. The van der Waals surface area contributed by atoms with Gasteiger partial charge in [0.1, 0.15) is 0 Å². The summed E-state index contributed by atoms with van der Waals surface area (Å²) in [5.41, 5.74) is 6.49. The van der Waals surface area contributed by atoms with Crippen LogP contribution in [0.1, 0.15) is 39.7 Å². The van der Waals surface area contributed by atoms with E-state index in [2.05, 4.69) is 31.3 Å². The van der Waals surface area contributed by atoms with Crippen LogP contribution >= 0.6 is 0 Å². The first kappa shape index (κ1) is 14.7. The van der Waals surface area contributed by atoms with E-state index in [1.54, 1.807) is 0 Å². The Morgan fingerprint density at radius 2 is 1.72 bits per heavy atom. The van der Waals surface area contributed by atoms with Gasteiger partial charge in [0.05, 0.1) is 0 Å². The van der Waals surface area contributed by atoms with Gasteiger partial charge in [-0.3, -0.25) is 4.79 Å². The fraction of sp³-hybridized carbons (Fsp3) is 0.533. The average molecular weight is 248 g/mol. The number of benzene rings is 1. The maximum Gasteiger partial charge on any atom is 0.220 e. The van der Waals surface area contributed by atoms with Crippen LogP contribution in [0.5, 0.6) is 0 Å². The Labute approximate surface area is 110 Å². The average Bonchev–Trinajstić information content (AvgIpc) is 2.26. The summed E-state index contributed by atoms with van der Waals surface area (Å²) in [7, 11) is 0. The van der Waals surface area contributed by atoms with Crippen LogP contribution in [-0.2, 0) is 10.2 Å². The molecule has 1 amide bonds. The zero-order valence-corrected chi connectivity index (χ0v) is 11.8. The minimum absolute atomic E-state index is 0.0439. The Kier molecular flexibility index (Phi) is 4.52. The molecule has 0 saturated carbocycles. The van der Waals surface area contributed by atoms with Crippen LogP contribution in [0.15, 0.2) is 30.3 Å². The molecule has 18 heavy (non-hydrogen) atoms. The minimum atomic E-state index is -0.369. The molecule has 1 rings (SSSR count). The van der Waals surface area contributed by atoms with E-state index in [0.29, 0.717) is 13.0 Å². The van der Waals surface area contributed by atoms with Crippen molar-refractivity contribution in [2.24, 2.45) is 5.73 Å². The molecular formula is C15H24N2O. The van der Waals surface area contributed by atoms with Crippen molar-refractivity contribution in [1.29, 1.82) is 0 Å². The summed E-state index contributed by atoms with van der Waals surface area (Å²) in [6.45, 7) is 8.45. The number of nitrogens with one attached hydrogen (secondary N) is 1. The van der Waals surface area contributed by atoms with Gasteiger partial charge in [-0.1, -0.05) is 44.2 Å². The van der Waals surface area contributed by atoms with Crippen molar-refractivity contribution < 1.29 is 4.79 Å². The van der Waals surface area contributed by atoms with Crippen LogP contribution in [0, 0.1) is 0 Å². The number of amides is 1. The normalized spacial score (nSPS) is 12.3. The molecule has 3 heteroatoms. The summed E-state index contributed by atoms with van der Waals surface area (Å²) in [6, 6.07) is 10.1. The molecule has 0 aliphatic rings. The third kappa shape index (κ3) is 4.88. The Balaban J connectivity index is 2.58. The first-order chi connectivity index (χ1) is 8.21. The molecule has 0 fully saturated rings. The van der Waals surface area contributed by atoms with Gasteiger partial charge >= 0.3 is 0 Å². The monoisotopic (exact) mass is 248 g/mol. The van der Waals surface area contributed by atoms with Gasteiger partial charge in [-0.2, -0.15) is 0 Å². The molecule has 0 radical (unpaired) electrons. The number of hydrogen-bond acceptors (Lipinski definition) is 2. The van der Waals surface area contributed by atoms with Gasteiger partial charge < -0.3 is 11.1 Å². The van der Waals surface area contributed by atoms with Crippen LogP contribution < -0.4 is 11.1 Å².